The molecule has 208 valence electrons. The number of benzene rings is 3. The third-order valence-corrected chi connectivity index (χ3v) is 7.26. The van der Waals surface area contributed by atoms with Crippen LogP contribution in [0.25, 0.3) is 0 Å². The largest absolute Gasteiger partial charge is 0.494 e. The molecular weight excluding hydrogens is 520 g/mol. The molecule has 39 heavy (non-hydrogen) atoms. The second kappa shape index (κ2) is 12.9. The van der Waals surface area contributed by atoms with Gasteiger partial charge in [-0.1, -0.05) is 48.0 Å². The van der Waals surface area contributed by atoms with Crippen LogP contribution in [0.5, 0.6) is 5.75 Å². The van der Waals surface area contributed by atoms with Gasteiger partial charge in [-0.2, -0.15) is 0 Å². The molecule has 0 aliphatic carbocycles. The highest BCUT2D eigenvalue weighted by Gasteiger charge is 2.44. The zero-order valence-electron chi connectivity index (χ0n) is 22.0. The van der Waals surface area contributed by atoms with Crippen LogP contribution in [0.15, 0.2) is 66.7 Å². The first-order chi connectivity index (χ1) is 18.7. The number of aliphatic hydroxyl groups is 3. The molecule has 3 aromatic rings. The van der Waals surface area contributed by atoms with Gasteiger partial charge in [0, 0.05) is 23.7 Å². The number of rotatable bonds is 10. The Kier molecular flexibility index (Phi) is 9.61. The molecule has 1 saturated heterocycles. The van der Waals surface area contributed by atoms with Crippen molar-refractivity contribution in [3.8, 4) is 5.75 Å². The molecule has 4 rings (SSSR count). The topological polar surface area (TPSA) is 125 Å². The molecular formula is C30H35ClN2O6. The molecule has 0 saturated carbocycles. The summed E-state index contributed by atoms with van der Waals surface area (Å²) < 4.78 is 11.7. The van der Waals surface area contributed by atoms with Crippen LogP contribution in [0, 0.1) is 0 Å². The predicted octanol–water partition coefficient (Wildman–Crippen LogP) is 3.08. The van der Waals surface area contributed by atoms with Crippen LogP contribution in [-0.4, -0.2) is 70.7 Å². The van der Waals surface area contributed by atoms with Gasteiger partial charge in [-0.3, -0.25) is 9.69 Å². The van der Waals surface area contributed by atoms with Crippen molar-refractivity contribution in [2.24, 2.45) is 5.73 Å². The molecule has 1 fully saturated rings. The zero-order chi connectivity index (χ0) is 28.1. The number of carbonyl (C=O) groups excluding carboxylic acids is 1. The van der Waals surface area contributed by atoms with Gasteiger partial charge in [-0.05, 0) is 73.0 Å². The minimum atomic E-state index is -1.40. The predicted molar refractivity (Wildman–Crippen MR) is 149 cm³/mol. The lowest BCUT2D eigenvalue weighted by molar-refractivity contribution is -0.227. The van der Waals surface area contributed by atoms with Gasteiger partial charge in [-0.15, -0.1) is 0 Å². The zero-order valence-corrected chi connectivity index (χ0v) is 22.8. The molecule has 1 amide bonds. The molecule has 5 atom stereocenters. The summed E-state index contributed by atoms with van der Waals surface area (Å²) in [4.78, 5) is 13.4. The van der Waals surface area contributed by atoms with Gasteiger partial charge in [0.2, 0.25) is 5.91 Å². The number of likely N-dealkylation sites (N-methyl/N-ethyl adjacent to an activating group) is 1. The summed E-state index contributed by atoms with van der Waals surface area (Å²) in [6, 6.07) is 20.2. The van der Waals surface area contributed by atoms with E-state index in [0.717, 1.165) is 22.4 Å². The number of carbonyl (C=O) groups is 1. The highest BCUT2D eigenvalue weighted by Crippen LogP contribution is 2.35. The molecule has 0 radical (unpaired) electrons. The van der Waals surface area contributed by atoms with Gasteiger partial charge < -0.3 is 30.5 Å². The molecule has 1 aliphatic heterocycles. The SMILES string of the molecule is CCOc1ccc(Cc2cc(C3OC(CN(C)Cc4cccc(C(N)=O)c4)C(O)C(O)C3O)ccc2Cl)cc1. The van der Waals surface area contributed by atoms with Crippen molar-refractivity contribution in [3.05, 3.63) is 99.6 Å². The van der Waals surface area contributed by atoms with E-state index in [4.69, 9.17) is 26.8 Å². The number of nitrogens with two attached hydrogens (primary N) is 1. The van der Waals surface area contributed by atoms with Crippen molar-refractivity contribution in [2.45, 2.75) is 50.4 Å². The normalized spacial score (nSPS) is 23.1. The lowest BCUT2D eigenvalue weighted by Crippen LogP contribution is -2.56. The van der Waals surface area contributed by atoms with Crippen LogP contribution in [0.2, 0.25) is 5.02 Å². The molecule has 8 nitrogen and oxygen atoms in total. The average molecular weight is 555 g/mol. The van der Waals surface area contributed by atoms with Crippen molar-refractivity contribution in [1.82, 2.24) is 4.90 Å². The van der Waals surface area contributed by atoms with Gasteiger partial charge in [0.1, 0.15) is 30.2 Å². The highest BCUT2D eigenvalue weighted by molar-refractivity contribution is 6.31. The van der Waals surface area contributed by atoms with Crippen LogP contribution in [0.1, 0.15) is 45.6 Å². The van der Waals surface area contributed by atoms with E-state index in [1.165, 1.54) is 0 Å². The minimum absolute atomic E-state index is 0.273. The van der Waals surface area contributed by atoms with Gasteiger partial charge in [0.15, 0.2) is 0 Å². The first-order valence-corrected chi connectivity index (χ1v) is 13.3. The minimum Gasteiger partial charge on any atom is -0.494 e. The van der Waals surface area contributed by atoms with Crippen LogP contribution in [0.3, 0.4) is 0 Å². The van der Waals surface area contributed by atoms with E-state index in [9.17, 15) is 20.1 Å². The van der Waals surface area contributed by atoms with E-state index < -0.39 is 36.4 Å². The van der Waals surface area contributed by atoms with Gasteiger partial charge in [-0.25, -0.2) is 0 Å². The van der Waals surface area contributed by atoms with E-state index in [1.54, 1.807) is 30.3 Å². The Morgan fingerprint density at radius 2 is 1.74 bits per heavy atom. The maximum Gasteiger partial charge on any atom is 0.248 e. The Balaban J connectivity index is 1.48. The molecule has 0 aromatic heterocycles. The Bertz CT molecular complexity index is 1270. The molecule has 5 N–H and O–H groups in total. The van der Waals surface area contributed by atoms with Crippen LogP contribution in [0.4, 0.5) is 0 Å². The third-order valence-electron chi connectivity index (χ3n) is 6.90. The Labute approximate surface area is 233 Å². The smallest absolute Gasteiger partial charge is 0.248 e. The van der Waals surface area contributed by atoms with Crippen LogP contribution in [-0.2, 0) is 17.7 Å². The lowest BCUT2D eigenvalue weighted by atomic mass is 9.89. The Hall–Kier alpha value is -2.98. The van der Waals surface area contributed by atoms with E-state index in [0.29, 0.717) is 35.7 Å². The molecule has 0 bridgehead atoms. The van der Waals surface area contributed by atoms with Crippen LogP contribution >= 0.6 is 11.6 Å². The molecule has 1 aliphatic rings. The fraction of sp³-hybridized carbons (Fsp3) is 0.367. The van der Waals surface area contributed by atoms with Gasteiger partial charge in [0.05, 0.1) is 12.7 Å². The summed E-state index contributed by atoms with van der Waals surface area (Å²) >= 11 is 6.51. The second-order valence-electron chi connectivity index (χ2n) is 9.93. The van der Waals surface area contributed by atoms with Gasteiger partial charge >= 0.3 is 0 Å². The van der Waals surface area contributed by atoms with Crippen molar-refractivity contribution < 1.29 is 29.6 Å². The standard InChI is InChI=1S/C30H35ClN2O6/c1-3-38-23-10-7-18(8-11-23)13-22-15-20(9-12-24(22)31)29-28(36)27(35)26(34)25(39-29)17-33(2)16-19-5-4-6-21(14-19)30(32)37/h4-12,14-15,25-29,34-36H,3,13,16-17H2,1-2H3,(H2,32,37). The van der Waals surface area contributed by atoms with Crippen molar-refractivity contribution in [1.29, 1.82) is 0 Å². The van der Waals surface area contributed by atoms with E-state index in [1.807, 2.05) is 55.3 Å². The summed E-state index contributed by atoms with van der Waals surface area (Å²) in [5.74, 6) is 0.291. The maximum absolute atomic E-state index is 11.5. The summed E-state index contributed by atoms with van der Waals surface area (Å²) in [7, 11) is 1.84. The summed E-state index contributed by atoms with van der Waals surface area (Å²) in [5.41, 5.74) is 9.21. The lowest BCUT2D eigenvalue weighted by Gasteiger charge is -2.42. The fourth-order valence-corrected chi connectivity index (χ4v) is 5.07. The second-order valence-corrected chi connectivity index (χ2v) is 10.3. The number of aliphatic hydroxyl groups excluding tert-OH is 3. The quantitative estimate of drug-likeness (QED) is 0.303. The first-order valence-electron chi connectivity index (χ1n) is 12.9. The molecule has 9 heteroatoms. The maximum atomic E-state index is 11.5. The number of primary amides is 1. The van der Waals surface area contributed by atoms with Crippen molar-refractivity contribution in [3.63, 3.8) is 0 Å². The van der Waals surface area contributed by atoms with Gasteiger partial charge in [0.25, 0.3) is 0 Å². The number of hydrogen-bond acceptors (Lipinski definition) is 7. The van der Waals surface area contributed by atoms with E-state index >= 15 is 0 Å². The summed E-state index contributed by atoms with van der Waals surface area (Å²) in [6.45, 7) is 3.26. The summed E-state index contributed by atoms with van der Waals surface area (Å²) in [6.07, 6.45) is -5.09. The van der Waals surface area contributed by atoms with Crippen LogP contribution < -0.4 is 10.5 Å². The molecule has 1 heterocycles. The first kappa shape index (κ1) is 29.0. The van der Waals surface area contributed by atoms with Crippen molar-refractivity contribution >= 4 is 17.5 Å². The fourth-order valence-electron chi connectivity index (χ4n) is 4.88. The molecule has 5 unspecified atom stereocenters. The van der Waals surface area contributed by atoms with E-state index in [2.05, 4.69) is 0 Å². The third kappa shape index (κ3) is 7.16. The Morgan fingerprint density at radius 1 is 1.00 bits per heavy atom. The Morgan fingerprint density at radius 3 is 2.44 bits per heavy atom. The number of ether oxygens (including phenoxy) is 2. The molecule has 0 spiro atoms. The monoisotopic (exact) mass is 554 g/mol. The van der Waals surface area contributed by atoms with E-state index in [-0.39, 0.29) is 6.54 Å². The van der Waals surface area contributed by atoms with Crippen molar-refractivity contribution in [2.75, 3.05) is 20.2 Å². The highest BCUT2D eigenvalue weighted by atomic mass is 35.5. The average Bonchev–Trinajstić information content (AvgIpc) is 2.91. The summed E-state index contributed by atoms with van der Waals surface area (Å²) in [5, 5.41) is 32.8. The number of nitrogens with zero attached hydrogens (tertiary/aromatic N) is 1. The number of hydrogen-bond donors (Lipinski definition) is 4. The number of halogens is 1. The number of amides is 1. The molecule has 3 aromatic carbocycles.